The van der Waals surface area contributed by atoms with Crippen molar-refractivity contribution in [1.29, 1.82) is 0 Å². The summed E-state index contributed by atoms with van der Waals surface area (Å²) < 4.78 is 13.4. The summed E-state index contributed by atoms with van der Waals surface area (Å²) in [6, 6.07) is 12.1. The molecule has 34 heavy (non-hydrogen) atoms. The van der Waals surface area contributed by atoms with Crippen molar-refractivity contribution in [2.45, 2.75) is 13.2 Å². The topological polar surface area (TPSA) is 86.9 Å². The number of imidazole rings is 1. The van der Waals surface area contributed by atoms with Gasteiger partial charge in [-0.3, -0.25) is 9.59 Å². The number of anilines is 2. The van der Waals surface area contributed by atoms with Gasteiger partial charge in [-0.25, -0.2) is 9.37 Å². The highest BCUT2D eigenvalue weighted by Gasteiger charge is 2.19. The van der Waals surface area contributed by atoms with E-state index in [1.807, 2.05) is 19.1 Å². The van der Waals surface area contributed by atoms with Crippen LogP contribution in [0.4, 0.5) is 15.8 Å². The predicted molar refractivity (Wildman–Crippen MR) is 134 cm³/mol. The number of halogens is 2. The van der Waals surface area contributed by atoms with Gasteiger partial charge >= 0.3 is 0 Å². The first kappa shape index (κ1) is 23.3. The second-order valence-corrected chi connectivity index (χ2v) is 7.97. The highest BCUT2D eigenvalue weighted by atomic mass is 35.5. The highest BCUT2D eigenvalue weighted by molar-refractivity contribution is 6.34. The lowest BCUT2D eigenvalue weighted by Crippen LogP contribution is -2.16. The van der Waals surface area contributed by atoms with Crippen LogP contribution in [0, 0.1) is 12.7 Å². The maximum absolute atomic E-state index is 13.4. The largest absolute Gasteiger partial charge is 0.343 e. The molecule has 1 heterocycles. The van der Waals surface area contributed by atoms with Crippen molar-refractivity contribution >= 4 is 59.7 Å². The number of benzene rings is 3. The fourth-order valence-electron chi connectivity index (χ4n) is 3.58. The number of carbonyl (C=O) groups excluding carboxylic acids is 2. The molecule has 3 aromatic carbocycles. The molecule has 168 valence electrons. The minimum Gasteiger partial charge on any atom is -0.343 e. The number of fused-ring (bicyclic) bond motifs is 1. The van der Waals surface area contributed by atoms with E-state index >= 15 is 0 Å². The molecule has 0 fully saturated rings. The molecule has 0 saturated heterocycles. The summed E-state index contributed by atoms with van der Waals surface area (Å²) in [5, 5.41) is 5.58. The molecule has 0 aliphatic carbocycles. The fraction of sp³-hybridized carbons (Fsp3) is 0.0800. The van der Waals surface area contributed by atoms with Crippen molar-refractivity contribution in [2.24, 2.45) is 0 Å². The Morgan fingerprint density at radius 3 is 2.62 bits per heavy atom. The molecular formula is C25H19BClFN4O2. The Morgan fingerprint density at radius 1 is 1.15 bits per heavy atom. The van der Waals surface area contributed by atoms with Crippen LogP contribution in [0.15, 0.2) is 55.1 Å². The van der Waals surface area contributed by atoms with E-state index in [1.165, 1.54) is 12.1 Å². The SMILES string of the molecule is [B]Cc1nc2c(C(=O)Nc3cccc(C=C)c3C)cc(NC(=O)c3ccc(F)cc3Cl)cc2[nH]1. The van der Waals surface area contributed by atoms with Crippen molar-refractivity contribution in [1.82, 2.24) is 9.97 Å². The summed E-state index contributed by atoms with van der Waals surface area (Å²) in [5.41, 5.74) is 3.96. The summed E-state index contributed by atoms with van der Waals surface area (Å²) in [6.07, 6.45) is 1.85. The van der Waals surface area contributed by atoms with Crippen molar-refractivity contribution in [3.05, 3.63) is 94.0 Å². The molecule has 3 N–H and O–H groups in total. The Bertz CT molecular complexity index is 1450. The number of hydrogen-bond acceptors (Lipinski definition) is 3. The van der Waals surface area contributed by atoms with Gasteiger partial charge in [-0.2, -0.15) is 0 Å². The molecule has 1 aromatic heterocycles. The van der Waals surface area contributed by atoms with Gasteiger partial charge in [0.15, 0.2) is 0 Å². The second kappa shape index (κ2) is 9.53. The van der Waals surface area contributed by atoms with E-state index in [9.17, 15) is 14.0 Å². The molecule has 9 heteroatoms. The van der Waals surface area contributed by atoms with Gasteiger partial charge in [0.1, 0.15) is 11.3 Å². The Balaban J connectivity index is 1.72. The van der Waals surface area contributed by atoms with Crippen molar-refractivity contribution < 1.29 is 14.0 Å². The van der Waals surface area contributed by atoms with Crippen LogP contribution >= 0.6 is 11.6 Å². The molecule has 0 spiro atoms. The summed E-state index contributed by atoms with van der Waals surface area (Å²) in [6.45, 7) is 5.67. The van der Waals surface area contributed by atoms with Gasteiger partial charge in [-0.1, -0.05) is 36.4 Å². The summed E-state index contributed by atoms with van der Waals surface area (Å²) in [5.74, 6) is -1.03. The smallest absolute Gasteiger partial charge is 0.258 e. The first-order valence-electron chi connectivity index (χ1n) is 10.3. The number of amides is 2. The molecule has 6 nitrogen and oxygen atoms in total. The monoisotopic (exact) mass is 472 g/mol. The number of nitrogens with zero attached hydrogens (tertiary/aromatic N) is 1. The molecule has 4 rings (SSSR count). The Morgan fingerprint density at radius 2 is 1.91 bits per heavy atom. The van der Waals surface area contributed by atoms with Crippen molar-refractivity contribution in [2.75, 3.05) is 10.6 Å². The third kappa shape index (κ3) is 4.58. The predicted octanol–water partition coefficient (Wildman–Crippen LogP) is 5.48. The number of H-pyrrole nitrogens is 1. The lowest BCUT2D eigenvalue weighted by atomic mass is 10.1. The second-order valence-electron chi connectivity index (χ2n) is 7.56. The lowest BCUT2D eigenvalue weighted by molar-refractivity contribution is 0.101. The quantitative estimate of drug-likeness (QED) is 0.325. The van der Waals surface area contributed by atoms with Crippen LogP contribution in [0.25, 0.3) is 17.1 Å². The number of rotatable bonds is 6. The van der Waals surface area contributed by atoms with Crippen LogP contribution in [-0.2, 0) is 6.32 Å². The maximum atomic E-state index is 13.4. The van der Waals surface area contributed by atoms with Crippen molar-refractivity contribution in [3.8, 4) is 0 Å². The number of aromatic amines is 1. The minimum absolute atomic E-state index is 0.0268. The van der Waals surface area contributed by atoms with E-state index in [4.69, 9.17) is 19.4 Å². The molecule has 2 radical (unpaired) electrons. The fourth-order valence-corrected chi connectivity index (χ4v) is 3.84. The first-order valence-corrected chi connectivity index (χ1v) is 10.7. The van der Waals surface area contributed by atoms with Crippen LogP contribution in [0.5, 0.6) is 0 Å². The molecule has 0 saturated carbocycles. The lowest BCUT2D eigenvalue weighted by Gasteiger charge is -2.12. The van der Waals surface area contributed by atoms with Crippen molar-refractivity contribution in [3.63, 3.8) is 0 Å². The van der Waals surface area contributed by atoms with E-state index in [2.05, 4.69) is 27.2 Å². The van der Waals surface area contributed by atoms with E-state index in [0.29, 0.717) is 28.2 Å². The molecule has 0 bridgehead atoms. The zero-order chi connectivity index (χ0) is 24.4. The Labute approximate surface area is 201 Å². The van der Waals surface area contributed by atoms with Crippen LogP contribution in [0.3, 0.4) is 0 Å². The van der Waals surface area contributed by atoms with Crippen LogP contribution < -0.4 is 10.6 Å². The van der Waals surface area contributed by atoms with E-state index in [1.54, 1.807) is 18.2 Å². The van der Waals surface area contributed by atoms with Gasteiger partial charge in [0.25, 0.3) is 11.8 Å². The number of nitrogens with one attached hydrogen (secondary N) is 3. The van der Waals surface area contributed by atoms with Gasteiger partial charge in [-0.15, -0.1) is 0 Å². The van der Waals surface area contributed by atoms with Crippen LogP contribution in [0.2, 0.25) is 5.02 Å². The minimum atomic E-state index is -0.552. The summed E-state index contributed by atoms with van der Waals surface area (Å²) >= 11 is 6.02. The van der Waals surface area contributed by atoms with E-state index in [0.717, 1.165) is 23.3 Å². The van der Waals surface area contributed by atoms with Gasteiger partial charge < -0.3 is 15.6 Å². The molecule has 2 amide bonds. The van der Waals surface area contributed by atoms with Crippen LogP contribution in [0.1, 0.15) is 37.7 Å². The summed E-state index contributed by atoms with van der Waals surface area (Å²) in [4.78, 5) is 33.5. The summed E-state index contributed by atoms with van der Waals surface area (Å²) in [7, 11) is 5.72. The maximum Gasteiger partial charge on any atom is 0.258 e. The third-order valence-electron chi connectivity index (χ3n) is 5.35. The Kier molecular flexibility index (Phi) is 6.52. The standard InChI is InChI=1S/C25H19BClFN4O2/c1-3-14-5-4-6-20(13(14)2)31-25(34)18-10-16(11-21-23(18)32-22(12-26)30-21)29-24(33)17-8-7-15(28)9-19(17)27/h3-11H,1,12H2,2H3,(H,29,33)(H,30,32)(H,31,34). The highest BCUT2D eigenvalue weighted by Crippen LogP contribution is 2.27. The molecule has 0 unspecified atom stereocenters. The Hall–Kier alpha value is -3.91. The van der Waals surface area contributed by atoms with Gasteiger partial charge in [0.05, 0.1) is 35.3 Å². The third-order valence-corrected chi connectivity index (χ3v) is 5.66. The van der Waals surface area contributed by atoms with E-state index < -0.39 is 17.6 Å². The number of aromatic nitrogens is 2. The normalized spacial score (nSPS) is 10.8. The number of carbonyl (C=O) groups is 2. The van der Waals surface area contributed by atoms with Gasteiger partial charge in [0, 0.05) is 11.4 Å². The average Bonchev–Trinajstić information content (AvgIpc) is 3.23. The molecular weight excluding hydrogens is 454 g/mol. The van der Waals surface area contributed by atoms with E-state index in [-0.39, 0.29) is 22.5 Å². The van der Waals surface area contributed by atoms with Crippen LogP contribution in [-0.4, -0.2) is 29.6 Å². The average molecular weight is 473 g/mol. The van der Waals surface area contributed by atoms with Gasteiger partial charge in [-0.05, 0) is 60.8 Å². The molecule has 0 atom stereocenters. The van der Waals surface area contributed by atoms with Gasteiger partial charge in [0.2, 0.25) is 0 Å². The zero-order valence-electron chi connectivity index (χ0n) is 18.2. The first-order chi connectivity index (χ1) is 16.3. The zero-order valence-corrected chi connectivity index (χ0v) is 19.0. The molecule has 0 aliphatic heterocycles. The number of hydrogen-bond donors (Lipinski definition) is 3. The molecule has 4 aromatic rings. The molecule has 0 aliphatic rings.